The third kappa shape index (κ3) is 4.51. The van der Waals surface area contributed by atoms with Crippen LogP contribution in [0.4, 0.5) is 10.5 Å². The summed E-state index contributed by atoms with van der Waals surface area (Å²) in [5, 5.41) is 11.3. The minimum Gasteiger partial charge on any atom is -0.444 e. The molecule has 0 spiro atoms. The van der Waals surface area contributed by atoms with Crippen molar-refractivity contribution in [3.05, 3.63) is 23.5 Å². The minimum atomic E-state index is -0.551. The third-order valence-corrected chi connectivity index (χ3v) is 1.71. The fraction of sp³-hybridized carbons (Fsp3) is 0.417. The predicted octanol–water partition coefficient (Wildman–Crippen LogP) is 2.61. The fourth-order valence-corrected chi connectivity index (χ4v) is 1.22. The van der Waals surface area contributed by atoms with E-state index in [0.717, 1.165) is 0 Å². The molecule has 1 aromatic heterocycles. The molecule has 5 nitrogen and oxygen atoms in total. The highest BCUT2D eigenvalue weighted by Gasteiger charge is 2.16. The Kier molecular flexibility index (Phi) is 3.69. The van der Waals surface area contributed by atoms with Gasteiger partial charge in [0.15, 0.2) is 0 Å². The number of nitrogens with zero attached hydrogens (tertiary/aromatic N) is 2. The van der Waals surface area contributed by atoms with E-state index < -0.39 is 11.7 Å². The molecule has 1 heterocycles. The van der Waals surface area contributed by atoms with Crippen LogP contribution in [0.25, 0.3) is 0 Å². The molecular weight excluding hydrogens is 218 g/mol. The first-order chi connectivity index (χ1) is 7.80. The summed E-state index contributed by atoms with van der Waals surface area (Å²) < 4.78 is 5.10. The molecule has 0 aliphatic rings. The molecule has 0 unspecified atom stereocenters. The number of nitriles is 1. The molecule has 1 N–H and O–H groups in total. The van der Waals surface area contributed by atoms with Crippen molar-refractivity contribution in [1.29, 1.82) is 5.26 Å². The first kappa shape index (κ1) is 13.0. The Morgan fingerprint density at radius 2 is 2.12 bits per heavy atom. The molecule has 0 radical (unpaired) electrons. The van der Waals surface area contributed by atoms with Crippen molar-refractivity contribution in [3.8, 4) is 6.07 Å². The zero-order chi connectivity index (χ0) is 13.1. The second-order valence-corrected chi connectivity index (χ2v) is 4.62. The molecule has 0 atom stereocenters. The molecule has 0 saturated heterocycles. The number of amides is 1. The SMILES string of the molecule is Cc1cc(NC(=O)OC(C)(C)C)cc(C#N)n1. The lowest BCUT2D eigenvalue weighted by molar-refractivity contribution is 0.0636. The Bertz CT molecular complexity index is 470. The first-order valence-electron chi connectivity index (χ1n) is 5.19. The van der Waals surface area contributed by atoms with E-state index in [4.69, 9.17) is 10.00 Å². The molecule has 0 aromatic carbocycles. The van der Waals surface area contributed by atoms with Gasteiger partial charge in [-0.2, -0.15) is 5.26 Å². The number of aromatic nitrogens is 1. The van der Waals surface area contributed by atoms with Gasteiger partial charge in [0.25, 0.3) is 0 Å². The van der Waals surface area contributed by atoms with E-state index in [1.807, 2.05) is 6.07 Å². The van der Waals surface area contributed by atoms with Crippen molar-refractivity contribution in [2.75, 3.05) is 5.32 Å². The number of aryl methyl sites for hydroxylation is 1. The van der Waals surface area contributed by atoms with Crippen LogP contribution >= 0.6 is 0 Å². The van der Waals surface area contributed by atoms with E-state index in [2.05, 4.69) is 10.3 Å². The lowest BCUT2D eigenvalue weighted by Gasteiger charge is -2.19. The topological polar surface area (TPSA) is 75.0 Å². The summed E-state index contributed by atoms with van der Waals surface area (Å²) in [6.45, 7) is 7.10. The second kappa shape index (κ2) is 4.83. The zero-order valence-electron chi connectivity index (χ0n) is 10.4. The molecular formula is C12H15N3O2. The summed E-state index contributed by atoms with van der Waals surface area (Å²) in [5.74, 6) is 0. The van der Waals surface area contributed by atoms with Gasteiger partial charge in [-0.1, -0.05) is 0 Å². The van der Waals surface area contributed by atoms with Gasteiger partial charge in [0, 0.05) is 11.4 Å². The van der Waals surface area contributed by atoms with Crippen molar-refractivity contribution in [2.24, 2.45) is 0 Å². The van der Waals surface area contributed by atoms with Gasteiger partial charge in [-0.05, 0) is 39.8 Å². The summed E-state index contributed by atoms with van der Waals surface area (Å²) in [7, 11) is 0. The lowest BCUT2D eigenvalue weighted by atomic mass is 10.2. The van der Waals surface area contributed by atoms with Gasteiger partial charge < -0.3 is 4.74 Å². The highest BCUT2D eigenvalue weighted by molar-refractivity contribution is 5.85. The molecule has 0 bridgehead atoms. The molecule has 90 valence electrons. The van der Waals surface area contributed by atoms with Crippen LogP contribution in [0, 0.1) is 18.3 Å². The van der Waals surface area contributed by atoms with Crippen LogP contribution in [-0.2, 0) is 4.74 Å². The molecule has 1 amide bonds. The van der Waals surface area contributed by atoms with E-state index in [9.17, 15) is 4.79 Å². The maximum atomic E-state index is 11.5. The number of nitrogens with one attached hydrogen (secondary N) is 1. The lowest BCUT2D eigenvalue weighted by Crippen LogP contribution is -2.27. The van der Waals surface area contributed by atoms with Crippen molar-refractivity contribution >= 4 is 11.8 Å². The van der Waals surface area contributed by atoms with Gasteiger partial charge in [-0.3, -0.25) is 5.32 Å². The van der Waals surface area contributed by atoms with E-state index >= 15 is 0 Å². The number of carbonyl (C=O) groups excluding carboxylic acids is 1. The quantitative estimate of drug-likeness (QED) is 0.809. The Balaban J connectivity index is 2.79. The number of rotatable bonds is 1. The highest BCUT2D eigenvalue weighted by atomic mass is 16.6. The minimum absolute atomic E-state index is 0.260. The van der Waals surface area contributed by atoms with Crippen molar-refractivity contribution in [1.82, 2.24) is 4.98 Å². The van der Waals surface area contributed by atoms with Crippen molar-refractivity contribution in [3.63, 3.8) is 0 Å². The number of ether oxygens (including phenoxy) is 1. The summed E-state index contributed by atoms with van der Waals surface area (Å²) in [5.41, 5.74) is 0.874. The van der Waals surface area contributed by atoms with Crippen LogP contribution in [0.5, 0.6) is 0 Å². The van der Waals surface area contributed by atoms with Crippen molar-refractivity contribution < 1.29 is 9.53 Å². The van der Waals surface area contributed by atoms with Gasteiger partial charge in [0.1, 0.15) is 17.4 Å². The van der Waals surface area contributed by atoms with Crippen LogP contribution in [0.3, 0.4) is 0 Å². The Morgan fingerprint density at radius 1 is 1.47 bits per heavy atom. The first-order valence-corrected chi connectivity index (χ1v) is 5.19. The van der Waals surface area contributed by atoms with E-state index in [-0.39, 0.29) is 5.69 Å². The number of anilines is 1. The Hall–Kier alpha value is -2.09. The smallest absolute Gasteiger partial charge is 0.412 e. The molecule has 17 heavy (non-hydrogen) atoms. The average Bonchev–Trinajstić information content (AvgIpc) is 2.13. The zero-order valence-corrected chi connectivity index (χ0v) is 10.4. The number of pyridine rings is 1. The van der Waals surface area contributed by atoms with E-state index in [1.54, 1.807) is 33.8 Å². The van der Waals surface area contributed by atoms with Gasteiger partial charge >= 0.3 is 6.09 Å². The summed E-state index contributed by atoms with van der Waals surface area (Å²) >= 11 is 0. The standard InChI is InChI=1S/C12H15N3O2/c1-8-5-9(6-10(7-13)14-8)15-11(16)17-12(2,3)4/h5-6H,1-4H3,(H,14,15,16). The molecule has 1 rings (SSSR count). The number of hydrogen-bond acceptors (Lipinski definition) is 4. The predicted molar refractivity (Wildman–Crippen MR) is 63.5 cm³/mol. The van der Waals surface area contributed by atoms with Gasteiger partial charge in [0.2, 0.25) is 0 Å². The molecule has 1 aromatic rings. The van der Waals surface area contributed by atoms with Crippen LogP contribution in [-0.4, -0.2) is 16.7 Å². The van der Waals surface area contributed by atoms with Crippen LogP contribution in [0.1, 0.15) is 32.2 Å². The molecule has 0 aliphatic heterocycles. The molecule has 0 aliphatic carbocycles. The van der Waals surface area contributed by atoms with Gasteiger partial charge in [0.05, 0.1) is 0 Å². The number of carbonyl (C=O) groups is 1. The highest BCUT2D eigenvalue weighted by Crippen LogP contribution is 2.13. The summed E-state index contributed by atoms with van der Waals surface area (Å²) in [6, 6.07) is 5.09. The normalized spacial score (nSPS) is 10.5. The largest absolute Gasteiger partial charge is 0.444 e. The summed E-state index contributed by atoms with van der Waals surface area (Å²) in [6.07, 6.45) is -0.549. The van der Waals surface area contributed by atoms with Gasteiger partial charge in [-0.15, -0.1) is 0 Å². The maximum absolute atomic E-state index is 11.5. The van der Waals surface area contributed by atoms with Crippen LogP contribution in [0.15, 0.2) is 12.1 Å². The van der Waals surface area contributed by atoms with E-state index in [0.29, 0.717) is 11.4 Å². The van der Waals surface area contributed by atoms with Crippen LogP contribution < -0.4 is 5.32 Å². The Labute approximate surface area is 100 Å². The Morgan fingerprint density at radius 3 is 2.65 bits per heavy atom. The molecule has 0 saturated carbocycles. The van der Waals surface area contributed by atoms with Crippen LogP contribution in [0.2, 0.25) is 0 Å². The monoisotopic (exact) mass is 233 g/mol. The molecule has 5 heteroatoms. The summed E-state index contributed by atoms with van der Waals surface area (Å²) in [4.78, 5) is 15.5. The second-order valence-electron chi connectivity index (χ2n) is 4.62. The fourth-order valence-electron chi connectivity index (χ4n) is 1.22. The number of hydrogen-bond donors (Lipinski definition) is 1. The maximum Gasteiger partial charge on any atom is 0.412 e. The van der Waals surface area contributed by atoms with Gasteiger partial charge in [-0.25, -0.2) is 9.78 Å². The molecule has 0 fully saturated rings. The third-order valence-electron chi connectivity index (χ3n) is 1.71. The average molecular weight is 233 g/mol. The van der Waals surface area contributed by atoms with Crippen molar-refractivity contribution in [2.45, 2.75) is 33.3 Å². The van der Waals surface area contributed by atoms with E-state index in [1.165, 1.54) is 6.07 Å².